The van der Waals surface area contributed by atoms with E-state index < -0.39 is 0 Å². The summed E-state index contributed by atoms with van der Waals surface area (Å²) >= 11 is 6.04. The van der Waals surface area contributed by atoms with Gasteiger partial charge < -0.3 is 10.2 Å². The maximum absolute atomic E-state index is 12.4. The van der Waals surface area contributed by atoms with Crippen LogP contribution in [0.15, 0.2) is 66.7 Å². The molecule has 0 aromatic heterocycles. The number of rotatable bonds is 4. The lowest BCUT2D eigenvalue weighted by atomic mass is 9.88. The zero-order valence-corrected chi connectivity index (χ0v) is 24.6. The summed E-state index contributed by atoms with van der Waals surface area (Å²) in [4.78, 5) is 25.9. The quantitative estimate of drug-likeness (QED) is 0.347. The monoisotopic (exact) mass is 522 g/mol. The Hall–Kier alpha value is -3.11. The van der Waals surface area contributed by atoms with E-state index in [4.69, 9.17) is 11.6 Å². The molecule has 3 aromatic rings. The molecule has 37 heavy (non-hydrogen) atoms. The number of nitrogens with one attached hydrogen (secondary N) is 1. The Balaban J connectivity index is 0.00000106. The molecule has 0 aliphatic carbocycles. The smallest absolute Gasteiger partial charge is 0.224 e. The fraction of sp³-hybridized carbons (Fsp3) is 0.375. The molecule has 1 N–H and O–H groups in total. The van der Waals surface area contributed by atoms with Gasteiger partial charge in [-0.15, -0.1) is 0 Å². The van der Waals surface area contributed by atoms with Crippen molar-refractivity contribution in [2.75, 3.05) is 10.2 Å². The molecular formula is C32H43ClN2O2. The number of halogens is 1. The Bertz CT molecular complexity index is 1120. The van der Waals surface area contributed by atoms with Crippen LogP contribution >= 0.6 is 11.6 Å². The highest BCUT2D eigenvalue weighted by molar-refractivity contribution is 6.30. The predicted octanol–water partition coefficient (Wildman–Crippen LogP) is 9.59. The van der Waals surface area contributed by atoms with Crippen LogP contribution in [0.1, 0.15) is 90.7 Å². The fourth-order valence-corrected chi connectivity index (χ4v) is 4.43. The first-order chi connectivity index (χ1) is 17.8. The van der Waals surface area contributed by atoms with Gasteiger partial charge in [-0.05, 0) is 73.4 Å². The van der Waals surface area contributed by atoms with E-state index in [1.807, 2.05) is 107 Å². The number of hydrogen-bond acceptors (Lipinski definition) is 3. The summed E-state index contributed by atoms with van der Waals surface area (Å²) in [5.41, 5.74) is 5.78. The van der Waals surface area contributed by atoms with Crippen molar-refractivity contribution in [1.82, 2.24) is 0 Å². The van der Waals surface area contributed by atoms with Crippen molar-refractivity contribution in [2.45, 2.75) is 80.8 Å². The maximum Gasteiger partial charge on any atom is 0.224 e. The molecule has 0 spiro atoms. The molecule has 5 heteroatoms. The molecule has 2 unspecified atom stereocenters. The molecule has 0 saturated carbocycles. The number of anilines is 2. The SMILES string of the molecule is CC.CC.CC.CC(=O)c1ccc(-c2ccc3c(c2)C(Nc2ccc(Cl)cc2)CC(C)N3C(C)=O)cc1. The van der Waals surface area contributed by atoms with Gasteiger partial charge in [0.15, 0.2) is 5.78 Å². The molecule has 0 radical (unpaired) electrons. The zero-order chi connectivity index (χ0) is 28.1. The minimum Gasteiger partial charge on any atom is -0.378 e. The van der Waals surface area contributed by atoms with E-state index in [0.717, 1.165) is 34.5 Å². The average molecular weight is 523 g/mol. The molecule has 4 nitrogen and oxygen atoms in total. The van der Waals surface area contributed by atoms with E-state index in [2.05, 4.69) is 18.3 Å². The van der Waals surface area contributed by atoms with Crippen molar-refractivity contribution < 1.29 is 9.59 Å². The lowest BCUT2D eigenvalue weighted by Crippen LogP contribution is -2.43. The Morgan fingerprint density at radius 1 is 0.811 bits per heavy atom. The van der Waals surface area contributed by atoms with Crippen molar-refractivity contribution in [2.24, 2.45) is 0 Å². The highest BCUT2D eigenvalue weighted by atomic mass is 35.5. The molecule has 2 atom stereocenters. The van der Waals surface area contributed by atoms with E-state index in [0.29, 0.717) is 10.6 Å². The summed E-state index contributed by atoms with van der Waals surface area (Å²) in [6, 6.07) is 21.6. The summed E-state index contributed by atoms with van der Waals surface area (Å²) in [5.74, 6) is 0.0903. The van der Waals surface area contributed by atoms with E-state index >= 15 is 0 Å². The standard InChI is InChI=1S/C26H25ClN2O2.3C2H6/c1-16-14-25(28-23-11-9-22(27)10-12-23)24-15-21(8-13-26(24)29(16)18(3)31)20-6-4-19(5-7-20)17(2)30;3*1-2/h4-13,15-16,25,28H,14H2,1-3H3;3*1-2H3. The number of amides is 1. The molecule has 3 aromatic carbocycles. The second kappa shape index (κ2) is 15.9. The lowest BCUT2D eigenvalue weighted by molar-refractivity contribution is -0.117. The predicted molar refractivity (Wildman–Crippen MR) is 161 cm³/mol. The van der Waals surface area contributed by atoms with Crippen molar-refractivity contribution in [3.63, 3.8) is 0 Å². The van der Waals surface area contributed by atoms with E-state index in [1.165, 1.54) is 0 Å². The van der Waals surface area contributed by atoms with Crippen molar-refractivity contribution >= 4 is 34.7 Å². The van der Waals surface area contributed by atoms with Crippen molar-refractivity contribution in [3.8, 4) is 11.1 Å². The van der Waals surface area contributed by atoms with E-state index in [9.17, 15) is 9.59 Å². The van der Waals surface area contributed by atoms with E-state index in [1.54, 1.807) is 13.8 Å². The molecule has 1 amide bonds. The topological polar surface area (TPSA) is 49.4 Å². The number of nitrogens with zero attached hydrogens (tertiary/aromatic N) is 1. The molecular weight excluding hydrogens is 480 g/mol. The van der Waals surface area contributed by atoms with Gasteiger partial charge in [0.25, 0.3) is 0 Å². The zero-order valence-electron chi connectivity index (χ0n) is 23.9. The van der Waals surface area contributed by atoms with Crippen molar-refractivity contribution in [3.05, 3.63) is 82.9 Å². The number of hydrogen-bond donors (Lipinski definition) is 1. The molecule has 4 rings (SSSR count). The van der Waals surface area contributed by atoms with Crippen LogP contribution in [-0.4, -0.2) is 17.7 Å². The van der Waals surface area contributed by atoms with Crippen LogP contribution in [0.25, 0.3) is 11.1 Å². The highest BCUT2D eigenvalue weighted by Crippen LogP contribution is 2.41. The first-order valence-electron chi connectivity index (χ1n) is 13.4. The minimum absolute atomic E-state index is 0.0391. The van der Waals surface area contributed by atoms with Crippen LogP contribution in [0, 0.1) is 0 Å². The van der Waals surface area contributed by atoms with Crippen LogP contribution in [0.4, 0.5) is 11.4 Å². The Labute approximate surface area is 229 Å². The van der Waals surface area contributed by atoms with Gasteiger partial charge in [0.05, 0.1) is 6.04 Å². The summed E-state index contributed by atoms with van der Waals surface area (Å²) < 4.78 is 0. The molecule has 1 aliphatic heterocycles. The van der Waals surface area contributed by atoms with Crippen LogP contribution < -0.4 is 10.2 Å². The number of carbonyl (C=O) groups is 2. The van der Waals surface area contributed by atoms with Crippen LogP contribution in [0.3, 0.4) is 0 Å². The summed E-state index contributed by atoms with van der Waals surface area (Å²) in [6.07, 6.45) is 0.794. The second-order valence-corrected chi connectivity index (χ2v) is 8.52. The summed E-state index contributed by atoms with van der Waals surface area (Å²) in [6.45, 7) is 17.3. The molecule has 200 valence electrons. The van der Waals surface area contributed by atoms with Gasteiger partial charge in [-0.3, -0.25) is 9.59 Å². The van der Waals surface area contributed by atoms with Crippen LogP contribution in [0.5, 0.6) is 0 Å². The van der Waals surface area contributed by atoms with E-state index in [-0.39, 0.29) is 23.8 Å². The van der Waals surface area contributed by atoms with Crippen LogP contribution in [-0.2, 0) is 4.79 Å². The average Bonchev–Trinajstić information content (AvgIpc) is 2.93. The highest BCUT2D eigenvalue weighted by Gasteiger charge is 2.32. The molecule has 1 aliphatic rings. The molecule has 0 bridgehead atoms. The Morgan fingerprint density at radius 2 is 1.35 bits per heavy atom. The second-order valence-electron chi connectivity index (χ2n) is 8.08. The summed E-state index contributed by atoms with van der Waals surface area (Å²) in [7, 11) is 0. The molecule has 1 heterocycles. The van der Waals surface area contributed by atoms with Gasteiger partial charge in [-0.2, -0.15) is 0 Å². The van der Waals surface area contributed by atoms with Gasteiger partial charge >= 0.3 is 0 Å². The fourth-order valence-electron chi connectivity index (χ4n) is 4.30. The van der Waals surface area contributed by atoms with Gasteiger partial charge in [0.1, 0.15) is 0 Å². The maximum atomic E-state index is 12.4. The number of carbonyl (C=O) groups excluding carboxylic acids is 2. The first-order valence-corrected chi connectivity index (χ1v) is 13.8. The largest absolute Gasteiger partial charge is 0.378 e. The first kappa shape index (κ1) is 31.9. The number of benzene rings is 3. The molecule has 0 saturated heterocycles. The van der Waals surface area contributed by atoms with Gasteiger partial charge in [0.2, 0.25) is 5.91 Å². The third-order valence-corrected chi connectivity index (χ3v) is 6.08. The normalized spacial score (nSPS) is 15.4. The number of ketones is 1. The van der Waals surface area contributed by atoms with Gasteiger partial charge in [0, 0.05) is 34.9 Å². The Morgan fingerprint density at radius 3 is 1.86 bits per heavy atom. The molecule has 0 fully saturated rings. The van der Waals surface area contributed by atoms with Crippen LogP contribution in [0.2, 0.25) is 5.02 Å². The third-order valence-electron chi connectivity index (χ3n) is 5.83. The van der Waals surface area contributed by atoms with Gasteiger partial charge in [-0.1, -0.05) is 83.5 Å². The minimum atomic E-state index is 0.0391. The third kappa shape index (κ3) is 8.19. The number of fused-ring (bicyclic) bond motifs is 1. The number of Topliss-reactive ketones (excluding diaryl/α,β-unsaturated/α-hetero) is 1. The van der Waals surface area contributed by atoms with Crippen molar-refractivity contribution in [1.29, 1.82) is 0 Å². The summed E-state index contributed by atoms with van der Waals surface area (Å²) in [5, 5.41) is 4.31. The van der Waals surface area contributed by atoms with Gasteiger partial charge in [-0.25, -0.2) is 0 Å². The Kier molecular flexibility index (Phi) is 13.7. The lowest BCUT2D eigenvalue weighted by Gasteiger charge is -2.39.